The summed E-state index contributed by atoms with van der Waals surface area (Å²) in [7, 11) is 4.39. The molecule has 0 amide bonds. The number of hydrogen-bond acceptors (Lipinski definition) is 1. The highest BCUT2D eigenvalue weighted by Crippen LogP contribution is 2.38. The Morgan fingerprint density at radius 3 is 2.65 bits per heavy atom. The average Bonchev–Trinajstić information content (AvgIpc) is 2.29. The van der Waals surface area contributed by atoms with E-state index in [2.05, 4.69) is 50.2 Å². The van der Waals surface area contributed by atoms with Crippen LogP contribution in [0.1, 0.15) is 42.7 Å². The van der Waals surface area contributed by atoms with Crippen LogP contribution in [-0.4, -0.2) is 25.5 Å². The van der Waals surface area contributed by atoms with Gasteiger partial charge in [0.1, 0.15) is 0 Å². The highest BCUT2D eigenvalue weighted by molar-refractivity contribution is 5.26. The van der Waals surface area contributed by atoms with Crippen molar-refractivity contribution in [3.05, 3.63) is 35.4 Å². The van der Waals surface area contributed by atoms with Crippen LogP contribution in [0.25, 0.3) is 0 Å². The quantitative estimate of drug-likeness (QED) is 0.764. The molecule has 1 aromatic rings. The van der Waals surface area contributed by atoms with Crippen LogP contribution in [0.2, 0.25) is 0 Å². The molecular weight excluding hydrogens is 206 g/mol. The van der Waals surface area contributed by atoms with Gasteiger partial charge in [-0.15, -0.1) is 0 Å². The van der Waals surface area contributed by atoms with Gasteiger partial charge in [0.05, 0.1) is 0 Å². The Bertz CT molecular complexity index is 356. The molecule has 1 unspecified atom stereocenters. The highest BCUT2D eigenvalue weighted by atomic mass is 15.1. The van der Waals surface area contributed by atoms with E-state index in [9.17, 15) is 0 Å². The van der Waals surface area contributed by atoms with Gasteiger partial charge in [0, 0.05) is 6.54 Å². The second-order valence-corrected chi connectivity index (χ2v) is 5.83. The zero-order valence-corrected chi connectivity index (χ0v) is 11.4. The molecule has 1 saturated carbocycles. The first-order valence-corrected chi connectivity index (χ1v) is 6.88. The summed E-state index contributed by atoms with van der Waals surface area (Å²) in [5.74, 6) is 1.63. The fourth-order valence-electron chi connectivity index (χ4n) is 3.23. The summed E-state index contributed by atoms with van der Waals surface area (Å²) < 4.78 is 0. The van der Waals surface area contributed by atoms with Gasteiger partial charge in [0.2, 0.25) is 0 Å². The normalized spacial score (nSPS) is 25.2. The lowest BCUT2D eigenvalue weighted by molar-refractivity contribution is 0.233. The lowest BCUT2D eigenvalue weighted by Crippen LogP contribution is -2.28. The summed E-state index contributed by atoms with van der Waals surface area (Å²) in [5.41, 5.74) is 2.97. The lowest BCUT2D eigenvalue weighted by Gasteiger charge is -2.34. The zero-order valence-electron chi connectivity index (χ0n) is 11.4. The van der Waals surface area contributed by atoms with E-state index in [0.29, 0.717) is 0 Å². The molecule has 0 saturated heterocycles. The van der Waals surface area contributed by atoms with Crippen molar-refractivity contribution in [1.82, 2.24) is 4.90 Å². The Hall–Kier alpha value is -0.820. The van der Waals surface area contributed by atoms with Crippen molar-refractivity contribution in [2.24, 2.45) is 5.92 Å². The van der Waals surface area contributed by atoms with E-state index in [0.717, 1.165) is 11.8 Å². The van der Waals surface area contributed by atoms with Crippen LogP contribution in [0.4, 0.5) is 0 Å². The smallest absolute Gasteiger partial charge is 0.000941 e. The molecule has 0 bridgehead atoms. The van der Waals surface area contributed by atoms with Crippen molar-refractivity contribution >= 4 is 0 Å². The van der Waals surface area contributed by atoms with Crippen molar-refractivity contribution in [3.8, 4) is 0 Å². The third-order valence-electron chi connectivity index (χ3n) is 3.98. The van der Waals surface area contributed by atoms with E-state index in [1.165, 1.54) is 37.8 Å². The van der Waals surface area contributed by atoms with Crippen molar-refractivity contribution in [3.63, 3.8) is 0 Å². The molecule has 17 heavy (non-hydrogen) atoms. The van der Waals surface area contributed by atoms with Gasteiger partial charge < -0.3 is 4.90 Å². The first kappa shape index (κ1) is 12.6. The Morgan fingerprint density at radius 1 is 1.18 bits per heavy atom. The molecular formula is C16H25N. The summed E-state index contributed by atoms with van der Waals surface area (Å²) >= 11 is 0. The van der Waals surface area contributed by atoms with Crippen LogP contribution in [-0.2, 0) is 0 Å². The lowest BCUT2D eigenvalue weighted by atomic mass is 9.75. The predicted molar refractivity (Wildman–Crippen MR) is 74.4 cm³/mol. The average molecular weight is 231 g/mol. The molecule has 1 heteroatoms. The summed E-state index contributed by atoms with van der Waals surface area (Å²) in [6.45, 7) is 3.44. The third-order valence-corrected chi connectivity index (χ3v) is 3.98. The van der Waals surface area contributed by atoms with Gasteiger partial charge in [-0.1, -0.05) is 42.7 Å². The minimum atomic E-state index is 0.783. The molecule has 0 radical (unpaired) electrons. The number of rotatable bonds is 3. The molecule has 2 atom stereocenters. The summed E-state index contributed by atoms with van der Waals surface area (Å²) in [6, 6.07) is 9.13. The van der Waals surface area contributed by atoms with Gasteiger partial charge in [-0.2, -0.15) is 0 Å². The standard InChI is InChI=1S/C16H25N/c1-13-7-6-9-14(11-13)16-10-5-4-8-15(16)12-17(2)3/h6-7,9,11,15-16H,4-5,8,10,12H2,1-3H3/t15-,16?/m0/s1. The molecule has 0 spiro atoms. The Kier molecular flexibility index (Phi) is 4.22. The van der Waals surface area contributed by atoms with Crippen LogP contribution in [0.5, 0.6) is 0 Å². The summed E-state index contributed by atoms with van der Waals surface area (Å²) in [5, 5.41) is 0. The third kappa shape index (κ3) is 3.32. The molecule has 0 aliphatic heterocycles. The molecule has 2 rings (SSSR count). The number of benzene rings is 1. The highest BCUT2D eigenvalue weighted by Gasteiger charge is 2.26. The van der Waals surface area contributed by atoms with Crippen molar-refractivity contribution < 1.29 is 0 Å². The minimum absolute atomic E-state index is 0.783. The summed E-state index contributed by atoms with van der Waals surface area (Å²) in [6.07, 6.45) is 5.60. The maximum atomic E-state index is 2.39. The summed E-state index contributed by atoms with van der Waals surface area (Å²) in [4.78, 5) is 2.35. The molecule has 1 aliphatic rings. The van der Waals surface area contributed by atoms with Gasteiger partial charge in [-0.05, 0) is 51.3 Å². The van der Waals surface area contributed by atoms with E-state index in [1.54, 1.807) is 5.56 Å². The monoisotopic (exact) mass is 231 g/mol. The van der Waals surface area contributed by atoms with E-state index in [4.69, 9.17) is 0 Å². The Morgan fingerprint density at radius 2 is 1.94 bits per heavy atom. The second-order valence-electron chi connectivity index (χ2n) is 5.83. The zero-order chi connectivity index (χ0) is 12.3. The molecule has 1 aromatic carbocycles. The Labute approximate surface area is 106 Å². The first-order valence-electron chi connectivity index (χ1n) is 6.88. The topological polar surface area (TPSA) is 3.24 Å². The largest absolute Gasteiger partial charge is 0.309 e. The molecule has 1 aliphatic carbocycles. The minimum Gasteiger partial charge on any atom is -0.309 e. The van der Waals surface area contributed by atoms with Crippen LogP contribution in [0.15, 0.2) is 24.3 Å². The Balaban J connectivity index is 2.15. The number of nitrogens with zero attached hydrogens (tertiary/aromatic N) is 1. The van der Waals surface area contributed by atoms with E-state index in [1.807, 2.05) is 0 Å². The van der Waals surface area contributed by atoms with Crippen LogP contribution in [0.3, 0.4) is 0 Å². The SMILES string of the molecule is Cc1cccc(C2CCCC[C@H]2CN(C)C)c1. The molecule has 1 fully saturated rings. The van der Waals surface area contributed by atoms with E-state index >= 15 is 0 Å². The maximum absolute atomic E-state index is 2.39. The van der Waals surface area contributed by atoms with Gasteiger partial charge in [0.25, 0.3) is 0 Å². The molecule has 1 nitrogen and oxygen atoms in total. The molecule has 0 aromatic heterocycles. The fourth-order valence-corrected chi connectivity index (χ4v) is 3.23. The fraction of sp³-hybridized carbons (Fsp3) is 0.625. The molecule has 0 heterocycles. The van der Waals surface area contributed by atoms with E-state index in [-0.39, 0.29) is 0 Å². The molecule has 94 valence electrons. The van der Waals surface area contributed by atoms with Crippen molar-refractivity contribution in [2.45, 2.75) is 38.5 Å². The van der Waals surface area contributed by atoms with Crippen LogP contribution in [0, 0.1) is 12.8 Å². The van der Waals surface area contributed by atoms with Crippen LogP contribution < -0.4 is 0 Å². The van der Waals surface area contributed by atoms with Crippen molar-refractivity contribution in [2.75, 3.05) is 20.6 Å². The van der Waals surface area contributed by atoms with Gasteiger partial charge in [-0.25, -0.2) is 0 Å². The number of aryl methyl sites for hydroxylation is 1. The first-order chi connectivity index (χ1) is 8.16. The second kappa shape index (κ2) is 5.68. The van der Waals surface area contributed by atoms with Gasteiger partial charge in [0.15, 0.2) is 0 Å². The van der Waals surface area contributed by atoms with Gasteiger partial charge >= 0.3 is 0 Å². The van der Waals surface area contributed by atoms with Crippen LogP contribution >= 0.6 is 0 Å². The van der Waals surface area contributed by atoms with Gasteiger partial charge in [-0.3, -0.25) is 0 Å². The maximum Gasteiger partial charge on any atom is 0.000941 e. The molecule has 0 N–H and O–H groups in total. The van der Waals surface area contributed by atoms with Crippen molar-refractivity contribution in [1.29, 1.82) is 0 Å². The number of hydrogen-bond donors (Lipinski definition) is 0. The predicted octanol–water partition coefficient (Wildman–Crippen LogP) is 3.83. The van der Waals surface area contributed by atoms with E-state index < -0.39 is 0 Å².